The summed E-state index contributed by atoms with van der Waals surface area (Å²) in [5.41, 5.74) is 0.844. The number of likely N-dealkylation sites (N-methyl/N-ethyl adjacent to an activating group) is 1. The van der Waals surface area contributed by atoms with Crippen LogP contribution in [0.25, 0.3) is 0 Å². The van der Waals surface area contributed by atoms with Gasteiger partial charge in [-0.2, -0.15) is 0 Å². The number of amides is 1. The molecule has 0 unspecified atom stereocenters. The van der Waals surface area contributed by atoms with E-state index in [2.05, 4.69) is 0 Å². The van der Waals surface area contributed by atoms with Crippen LogP contribution < -0.4 is 9.64 Å². The summed E-state index contributed by atoms with van der Waals surface area (Å²) in [5, 5.41) is 0. The molecule has 0 radical (unpaired) electrons. The monoisotopic (exact) mass is 278 g/mol. The van der Waals surface area contributed by atoms with Gasteiger partial charge < -0.3 is 14.5 Å². The number of nitrogens with zero attached hydrogens (tertiary/aromatic N) is 2. The Kier molecular flexibility index (Phi) is 3.51. The number of hydrogen-bond donors (Lipinski definition) is 0. The number of carbonyl (C=O) groups is 1. The SMILES string of the molecule is CN1c2ccc(F)cc2OC[C@@H]1CC(=O)N1CCCC1. The molecule has 0 spiro atoms. The van der Waals surface area contributed by atoms with Gasteiger partial charge in [0.15, 0.2) is 0 Å². The molecule has 2 heterocycles. The maximum absolute atomic E-state index is 13.2. The standard InChI is InChI=1S/C15H19FN2O2/c1-17-12(9-15(19)18-6-2-3-7-18)10-20-14-8-11(16)4-5-13(14)17/h4-5,8,12H,2-3,6-7,9-10H2,1H3/t12-/m0/s1. The quantitative estimate of drug-likeness (QED) is 0.830. The van der Waals surface area contributed by atoms with Crippen molar-refractivity contribution in [3.63, 3.8) is 0 Å². The number of benzene rings is 1. The smallest absolute Gasteiger partial charge is 0.224 e. The molecule has 1 aromatic rings. The van der Waals surface area contributed by atoms with Crippen LogP contribution in [0.1, 0.15) is 19.3 Å². The lowest BCUT2D eigenvalue weighted by atomic mass is 10.1. The number of ether oxygens (including phenoxy) is 1. The normalized spacial score (nSPS) is 21.6. The van der Waals surface area contributed by atoms with Crippen LogP contribution in [0.5, 0.6) is 5.75 Å². The highest BCUT2D eigenvalue weighted by Gasteiger charge is 2.29. The Hall–Kier alpha value is -1.78. The minimum atomic E-state index is -0.302. The largest absolute Gasteiger partial charge is 0.489 e. The summed E-state index contributed by atoms with van der Waals surface area (Å²) < 4.78 is 18.8. The van der Waals surface area contributed by atoms with Gasteiger partial charge in [0.1, 0.15) is 18.2 Å². The molecule has 1 saturated heterocycles. The number of anilines is 1. The van der Waals surface area contributed by atoms with Crippen molar-refractivity contribution >= 4 is 11.6 Å². The van der Waals surface area contributed by atoms with Crippen molar-refractivity contribution in [1.29, 1.82) is 0 Å². The summed E-state index contributed by atoms with van der Waals surface area (Å²) >= 11 is 0. The predicted octanol–water partition coefficient (Wildman–Crippen LogP) is 2.04. The van der Waals surface area contributed by atoms with E-state index in [0.29, 0.717) is 18.8 Å². The molecule has 1 fully saturated rings. The van der Waals surface area contributed by atoms with E-state index in [9.17, 15) is 9.18 Å². The fourth-order valence-electron chi connectivity index (χ4n) is 2.88. The van der Waals surface area contributed by atoms with E-state index in [-0.39, 0.29) is 17.8 Å². The first-order valence-electron chi connectivity index (χ1n) is 7.08. The molecule has 1 aromatic carbocycles. The van der Waals surface area contributed by atoms with Crippen LogP contribution in [0.3, 0.4) is 0 Å². The zero-order valence-electron chi connectivity index (χ0n) is 11.6. The molecule has 0 aliphatic carbocycles. The molecule has 0 N–H and O–H groups in total. The van der Waals surface area contributed by atoms with Crippen LogP contribution in [0, 0.1) is 5.82 Å². The third-order valence-corrected chi connectivity index (χ3v) is 4.15. The predicted molar refractivity (Wildman–Crippen MR) is 74.5 cm³/mol. The molecule has 2 aliphatic heterocycles. The molecule has 3 rings (SSSR count). The van der Waals surface area contributed by atoms with Gasteiger partial charge in [0.2, 0.25) is 5.91 Å². The molecule has 20 heavy (non-hydrogen) atoms. The minimum absolute atomic E-state index is 0.0149. The van der Waals surface area contributed by atoms with Crippen molar-refractivity contribution in [2.24, 2.45) is 0 Å². The maximum atomic E-state index is 13.2. The van der Waals surface area contributed by atoms with Crippen LogP contribution in [0.15, 0.2) is 18.2 Å². The van der Waals surface area contributed by atoms with Gasteiger partial charge >= 0.3 is 0 Å². The lowest BCUT2D eigenvalue weighted by Gasteiger charge is -2.36. The van der Waals surface area contributed by atoms with E-state index in [1.54, 1.807) is 6.07 Å². The van der Waals surface area contributed by atoms with E-state index < -0.39 is 0 Å². The van der Waals surface area contributed by atoms with Crippen molar-refractivity contribution < 1.29 is 13.9 Å². The Morgan fingerprint density at radius 1 is 1.40 bits per heavy atom. The van der Waals surface area contributed by atoms with Gasteiger partial charge in [-0.05, 0) is 25.0 Å². The molecule has 108 valence electrons. The van der Waals surface area contributed by atoms with Crippen LogP contribution in [-0.2, 0) is 4.79 Å². The average molecular weight is 278 g/mol. The number of rotatable bonds is 2. The lowest BCUT2D eigenvalue weighted by Crippen LogP contribution is -2.44. The molecule has 0 aromatic heterocycles. The van der Waals surface area contributed by atoms with Crippen molar-refractivity contribution in [1.82, 2.24) is 4.90 Å². The Bertz CT molecular complexity index is 515. The van der Waals surface area contributed by atoms with Crippen molar-refractivity contribution in [3.05, 3.63) is 24.0 Å². The number of hydrogen-bond acceptors (Lipinski definition) is 3. The Morgan fingerprint density at radius 3 is 2.90 bits per heavy atom. The second-order valence-corrected chi connectivity index (χ2v) is 5.48. The molecule has 0 bridgehead atoms. The zero-order valence-corrected chi connectivity index (χ0v) is 11.6. The molecule has 5 heteroatoms. The molecule has 1 amide bonds. The van der Waals surface area contributed by atoms with E-state index in [4.69, 9.17) is 4.74 Å². The topological polar surface area (TPSA) is 32.8 Å². The molecular formula is C15H19FN2O2. The highest BCUT2D eigenvalue weighted by molar-refractivity contribution is 5.78. The van der Waals surface area contributed by atoms with Crippen molar-refractivity contribution in [3.8, 4) is 5.75 Å². The highest BCUT2D eigenvalue weighted by Crippen LogP contribution is 2.34. The van der Waals surface area contributed by atoms with Crippen molar-refractivity contribution in [2.75, 3.05) is 31.6 Å². The molecular weight excluding hydrogens is 259 g/mol. The maximum Gasteiger partial charge on any atom is 0.224 e. The Balaban J connectivity index is 1.70. The van der Waals surface area contributed by atoms with Gasteiger partial charge in [0.05, 0.1) is 18.2 Å². The van der Waals surface area contributed by atoms with E-state index in [1.807, 2.05) is 16.8 Å². The molecule has 2 aliphatic rings. The van der Waals surface area contributed by atoms with E-state index >= 15 is 0 Å². The second kappa shape index (κ2) is 5.31. The summed E-state index contributed by atoms with van der Waals surface area (Å²) in [6, 6.07) is 4.53. The fourth-order valence-corrected chi connectivity index (χ4v) is 2.88. The Labute approximate surface area is 118 Å². The second-order valence-electron chi connectivity index (χ2n) is 5.48. The summed E-state index contributed by atoms with van der Waals surface area (Å²) in [6.07, 6.45) is 2.66. The molecule has 4 nitrogen and oxygen atoms in total. The summed E-state index contributed by atoms with van der Waals surface area (Å²) in [5.74, 6) is 0.439. The van der Waals surface area contributed by atoms with Gasteiger partial charge in [-0.3, -0.25) is 4.79 Å². The lowest BCUT2D eigenvalue weighted by molar-refractivity contribution is -0.130. The summed E-state index contributed by atoms with van der Waals surface area (Å²) in [4.78, 5) is 16.2. The first-order valence-corrected chi connectivity index (χ1v) is 7.08. The highest BCUT2D eigenvalue weighted by atomic mass is 19.1. The van der Waals surface area contributed by atoms with Gasteiger partial charge in [-0.1, -0.05) is 0 Å². The van der Waals surface area contributed by atoms with Crippen LogP contribution in [0.2, 0.25) is 0 Å². The third kappa shape index (κ3) is 2.44. The van der Waals surface area contributed by atoms with Gasteiger partial charge in [0.25, 0.3) is 0 Å². The zero-order chi connectivity index (χ0) is 14.1. The summed E-state index contributed by atoms with van der Waals surface area (Å²) in [7, 11) is 1.93. The van der Waals surface area contributed by atoms with Gasteiger partial charge in [-0.25, -0.2) is 4.39 Å². The van der Waals surface area contributed by atoms with Crippen LogP contribution in [-0.4, -0.2) is 43.6 Å². The van der Waals surface area contributed by atoms with E-state index in [0.717, 1.165) is 31.6 Å². The first kappa shape index (κ1) is 13.2. The van der Waals surface area contributed by atoms with Gasteiger partial charge in [0, 0.05) is 26.2 Å². The van der Waals surface area contributed by atoms with Crippen molar-refractivity contribution in [2.45, 2.75) is 25.3 Å². The number of likely N-dealkylation sites (tertiary alicyclic amines) is 1. The molecule has 1 atom stereocenters. The fraction of sp³-hybridized carbons (Fsp3) is 0.533. The number of halogens is 1. The van der Waals surface area contributed by atoms with Crippen LogP contribution >= 0.6 is 0 Å². The Morgan fingerprint density at radius 2 is 2.15 bits per heavy atom. The number of carbonyl (C=O) groups excluding carboxylic acids is 1. The number of fused-ring (bicyclic) bond motifs is 1. The first-order chi connectivity index (χ1) is 9.65. The average Bonchev–Trinajstić information content (AvgIpc) is 2.96. The van der Waals surface area contributed by atoms with Gasteiger partial charge in [-0.15, -0.1) is 0 Å². The van der Waals surface area contributed by atoms with E-state index in [1.165, 1.54) is 12.1 Å². The van der Waals surface area contributed by atoms with Crippen LogP contribution in [0.4, 0.5) is 10.1 Å². The minimum Gasteiger partial charge on any atom is -0.489 e. The third-order valence-electron chi connectivity index (χ3n) is 4.15. The summed E-state index contributed by atoms with van der Waals surface area (Å²) in [6.45, 7) is 2.17. The molecule has 0 saturated carbocycles.